The van der Waals surface area contributed by atoms with Crippen LogP contribution in [0.25, 0.3) is 0 Å². The van der Waals surface area contributed by atoms with Gasteiger partial charge in [-0.25, -0.2) is 10.4 Å². The molecule has 1 amide bonds. The lowest BCUT2D eigenvalue weighted by atomic mass is 10.1. The zero-order valence-electron chi connectivity index (χ0n) is 13.8. The van der Waals surface area contributed by atoms with E-state index in [1.54, 1.807) is 25.1 Å². The first-order valence-corrected chi connectivity index (χ1v) is 8.01. The summed E-state index contributed by atoms with van der Waals surface area (Å²) >= 11 is 5.83. The van der Waals surface area contributed by atoms with Gasteiger partial charge in [-0.2, -0.15) is 5.10 Å². The molecule has 0 saturated carbocycles. The van der Waals surface area contributed by atoms with Gasteiger partial charge in [0.1, 0.15) is 24.0 Å². The van der Waals surface area contributed by atoms with Crippen LogP contribution in [0.3, 0.4) is 0 Å². The molecule has 0 aliphatic rings. The zero-order valence-corrected chi connectivity index (χ0v) is 14.6. The summed E-state index contributed by atoms with van der Waals surface area (Å²) in [6, 6.07) is 6.36. The zero-order chi connectivity index (χ0) is 19.3. The molecule has 0 fully saturated rings. The number of aliphatic hydroxyl groups excluding tert-OH is 4. The second kappa shape index (κ2) is 8.88. The summed E-state index contributed by atoms with van der Waals surface area (Å²) in [6.45, 7) is 0.876. The minimum atomic E-state index is -1.59. The molecule has 2 aromatic rings. The Balaban J connectivity index is 2.06. The number of aromatic amines is 1. The van der Waals surface area contributed by atoms with E-state index in [0.717, 1.165) is 0 Å². The van der Waals surface area contributed by atoms with Crippen LogP contribution in [0, 0.1) is 0 Å². The third-order valence-corrected chi connectivity index (χ3v) is 3.81. The molecule has 3 atom stereocenters. The summed E-state index contributed by atoms with van der Waals surface area (Å²) in [5, 5.41) is 42.2. The van der Waals surface area contributed by atoms with Gasteiger partial charge in [0.15, 0.2) is 5.82 Å². The number of aliphatic hydroxyl groups is 4. The molecule has 0 spiro atoms. The first-order valence-electron chi connectivity index (χ1n) is 7.64. The predicted octanol–water partition coefficient (Wildman–Crippen LogP) is -0.0354. The van der Waals surface area contributed by atoms with Crippen LogP contribution in [0.15, 0.2) is 35.6 Å². The lowest BCUT2D eigenvalue weighted by Crippen LogP contribution is -2.34. The second-order valence-corrected chi connectivity index (χ2v) is 5.96. The summed E-state index contributed by atoms with van der Waals surface area (Å²) in [5.74, 6) is -0.212. The van der Waals surface area contributed by atoms with E-state index >= 15 is 0 Å². The lowest BCUT2D eigenvalue weighted by molar-refractivity contribution is -0.0788. The van der Waals surface area contributed by atoms with Crippen LogP contribution < -0.4 is 5.43 Å². The van der Waals surface area contributed by atoms with Crippen molar-refractivity contribution in [2.45, 2.75) is 25.2 Å². The van der Waals surface area contributed by atoms with Crippen molar-refractivity contribution in [2.24, 2.45) is 5.10 Å². The van der Waals surface area contributed by atoms with Crippen molar-refractivity contribution in [3.63, 3.8) is 0 Å². The molecule has 6 N–H and O–H groups in total. The molecule has 0 aliphatic heterocycles. The fourth-order valence-corrected chi connectivity index (χ4v) is 2.24. The molecule has 0 saturated heterocycles. The topological polar surface area (TPSA) is 151 Å². The Morgan fingerprint density at radius 3 is 2.77 bits per heavy atom. The van der Waals surface area contributed by atoms with Gasteiger partial charge < -0.3 is 25.4 Å². The van der Waals surface area contributed by atoms with Crippen molar-refractivity contribution in [3.8, 4) is 0 Å². The van der Waals surface area contributed by atoms with E-state index in [2.05, 4.69) is 20.5 Å². The molecule has 140 valence electrons. The molecule has 3 unspecified atom stereocenters. The predicted molar refractivity (Wildman–Crippen MR) is 93.8 cm³/mol. The van der Waals surface area contributed by atoms with Gasteiger partial charge in [-0.05, 0) is 25.1 Å². The van der Waals surface area contributed by atoms with E-state index < -0.39 is 30.8 Å². The minimum Gasteiger partial charge on any atom is -0.394 e. The molecule has 9 nitrogen and oxygen atoms in total. The number of halogens is 1. The Bertz CT molecular complexity index is 794. The number of hydrogen-bond acceptors (Lipinski definition) is 7. The monoisotopic (exact) mass is 382 g/mol. The summed E-state index contributed by atoms with van der Waals surface area (Å²) in [7, 11) is 0. The Morgan fingerprint density at radius 1 is 1.38 bits per heavy atom. The molecule has 10 heteroatoms. The molecule has 0 bridgehead atoms. The summed E-state index contributed by atoms with van der Waals surface area (Å²) in [4.78, 5) is 18.7. The maximum atomic E-state index is 12.0. The summed E-state index contributed by atoms with van der Waals surface area (Å²) in [6.07, 6.45) is -3.31. The minimum absolute atomic E-state index is 0.121. The smallest absolute Gasteiger partial charge is 0.271 e. The normalized spacial score (nSPS) is 15.4. The number of hydrazone groups is 1. The van der Waals surface area contributed by atoms with Gasteiger partial charge in [0.25, 0.3) is 5.91 Å². The number of carbonyl (C=O) groups excluding carboxylic acids is 1. The average molecular weight is 383 g/mol. The summed E-state index contributed by atoms with van der Waals surface area (Å²) in [5.41, 5.74) is 3.13. The van der Waals surface area contributed by atoms with Crippen molar-refractivity contribution in [1.29, 1.82) is 0 Å². The van der Waals surface area contributed by atoms with Gasteiger partial charge in [-0.1, -0.05) is 17.7 Å². The molecule has 1 aromatic heterocycles. The molecule has 26 heavy (non-hydrogen) atoms. The standard InChI is InChI=1S/C16H19ClN4O5/c1-8(20-21-16(26)9-3-2-4-10(17)5-9)15-18-6-11(19-15)13(24)14(25)12(23)7-22/h2-6,12-14,22-25H,7H2,1H3,(H,18,19)(H,21,26)/b20-8-. The fourth-order valence-electron chi connectivity index (χ4n) is 2.05. The van der Waals surface area contributed by atoms with Gasteiger partial charge >= 0.3 is 0 Å². The highest BCUT2D eigenvalue weighted by molar-refractivity contribution is 6.30. The molecule has 0 radical (unpaired) electrons. The number of hydrogen-bond donors (Lipinski definition) is 6. The highest BCUT2D eigenvalue weighted by Gasteiger charge is 2.27. The number of amides is 1. The molecular formula is C16H19ClN4O5. The van der Waals surface area contributed by atoms with Gasteiger partial charge in [0, 0.05) is 10.6 Å². The van der Waals surface area contributed by atoms with Crippen molar-refractivity contribution in [1.82, 2.24) is 15.4 Å². The van der Waals surface area contributed by atoms with E-state index in [9.17, 15) is 20.1 Å². The van der Waals surface area contributed by atoms with Crippen LogP contribution in [0.5, 0.6) is 0 Å². The SMILES string of the molecule is C/C(=N/NC(=O)c1cccc(Cl)c1)c1ncc(C(O)C(O)C(O)CO)[nH]1. The van der Waals surface area contributed by atoms with Crippen molar-refractivity contribution in [3.05, 3.63) is 52.6 Å². The Kier molecular flexibility index (Phi) is 6.83. The Labute approximate surface area is 154 Å². The molecule has 2 rings (SSSR count). The van der Waals surface area contributed by atoms with Crippen LogP contribution in [0.4, 0.5) is 0 Å². The average Bonchev–Trinajstić information content (AvgIpc) is 3.14. The fraction of sp³-hybridized carbons (Fsp3) is 0.312. The number of H-pyrrole nitrogens is 1. The number of aromatic nitrogens is 2. The van der Waals surface area contributed by atoms with Gasteiger partial charge in [0.05, 0.1) is 18.5 Å². The van der Waals surface area contributed by atoms with Crippen LogP contribution in [-0.4, -0.2) is 60.8 Å². The third-order valence-electron chi connectivity index (χ3n) is 3.57. The number of carbonyl (C=O) groups is 1. The lowest BCUT2D eigenvalue weighted by Gasteiger charge is -2.20. The van der Waals surface area contributed by atoms with Crippen LogP contribution in [0.2, 0.25) is 5.02 Å². The molecule has 1 aromatic carbocycles. The highest BCUT2D eigenvalue weighted by atomic mass is 35.5. The highest BCUT2D eigenvalue weighted by Crippen LogP contribution is 2.17. The Hall–Kier alpha value is -2.30. The number of nitrogens with zero attached hydrogens (tertiary/aromatic N) is 2. The number of nitrogens with one attached hydrogen (secondary N) is 2. The van der Waals surface area contributed by atoms with E-state index in [-0.39, 0.29) is 11.5 Å². The van der Waals surface area contributed by atoms with Crippen molar-refractivity contribution < 1.29 is 25.2 Å². The Morgan fingerprint density at radius 2 is 2.12 bits per heavy atom. The maximum absolute atomic E-state index is 12.0. The summed E-state index contributed by atoms with van der Waals surface area (Å²) < 4.78 is 0. The van der Waals surface area contributed by atoms with Crippen LogP contribution >= 0.6 is 11.6 Å². The van der Waals surface area contributed by atoms with Crippen LogP contribution in [-0.2, 0) is 0 Å². The molecular weight excluding hydrogens is 364 g/mol. The second-order valence-electron chi connectivity index (χ2n) is 5.52. The van der Waals surface area contributed by atoms with Gasteiger partial charge in [-0.15, -0.1) is 0 Å². The maximum Gasteiger partial charge on any atom is 0.271 e. The van der Waals surface area contributed by atoms with E-state index in [1.807, 2.05) is 0 Å². The van der Waals surface area contributed by atoms with E-state index in [1.165, 1.54) is 12.3 Å². The van der Waals surface area contributed by atoms with E-state index in [0.29, 0.717) is 16.3 Å². The van der Waals surface area contributed by atoms with Gasteiger partial charge in [-0.3, -0.25) is 4.79 Å². The van der Waals surface area contributed by atoms with Gasteiger partial charge in [0.2, 0.25) is 0 Å². The largest absolute Gasteiger partial charge is 0.394 e. The molecule has 0 aliphatic carbocycles. The number of imidazole rings is 1. The van der Waals surface area contributed by atoms with Crippen molar-refractivity contribution in [2.75, 3.05) is 6.61 Å². The van der Waals surface area contributed by atoms with E-state index in [4.69, 9.17) is 16.7 Å². The van der Waals surface area contributed by atoms with Crippen molar-refractivity contribution >= 4 is 23.2 Å². The first-order chi connectivity index (χ1) is 12.3. The third kappa shape index (κ3) is 4.87. The molecule has 1 heterocycles. The number of benzene rings is 1. The van der Waals surface area contributed by atoms with Crippen LogP contribution in [0.1, 0.15) is 34.9 Å². The first kappa shape index (κ1) is 20.0. The quantitative estimate of drug-likeness (QED) is 0.292. The number of rotatable bonds is 7.